The topological polar surface area (TPSA) is 68.3 Å². The number of carbonyl (C=O) groups excluding carboxylic acids is 2. The van der Waals surface area contributed by atoms with Crippen molar-refractivity contribution in [2.75, 3.05) is 6.61 Å². The number of fused-ring (bicyclic) bond motifs is 1. The standard InChI is InChI=1S/C22H22N2O3S2/c25-20(23-17-5-1-2-6-17)13-27-21(26)16-11-9-15(10-12-16)14-28-22-24-18-7-3-4-8-19(18)29-22/h3-4,7-12,17H,1-2,5-6,13-14H2,(H,23,25). The first-order valence-electron chi connectivity index (χ1n) is 9.71. The van der Waals surface area contributed by atoms with Crippen molar-refractivity contribution in [2.24, 2.45) is 0 Å². The summed E-state index contributed by atoms with van der Waals surface area (Å²) in [5.74, 6) is 0.0740. The number of nitrogens with one attached hydrogen (secondary N) is 1. The normalized spacial score (nSPS) is 14.2. The third-order valence-electron chi connectivity index (χ3n) is 4.88. The van der Waals surface area contributed by atoms with Crippen LogP contribution >= 0.6 is 23.1 Å². The van der Waals surface area contributed by atoms with E-state index in [4.69, 9.17) is 4.74 Å². The van der Waals surface area contributed by atoms with E-state index in [1.165, 1.54) is 4.70 Å². The zero-order valence-electron chi connectivity index (χ0n) is 15.9. The van der Waals surface area contributed by atoms with Crippen molar-refractivity contribution in [2.45, 2.75) is 41.8 Å². The van der Waals surface area contributed by atoms with Gasteiger partial charge >= 0.3 is 5.97 Å². The highest BCUT2D eigenvalue weighted by molar-refractivity contribution is 8.00. The number of thiazole rings is 1. The quantitative estimate of drug-likeness (QED) is 0.434. The van der Waals surface area contributed by atoms with E-state index >= 15 is 0 Å². The number of rotatable bonds is 7. The second-order valence-electron chi connectivity index (χ2n) is 7.06. The molecule has 1 aromatic heterocycles. The first kappa shape index (κ1) is 19.9. The lowest BCUT2D eigenvalue weighted by molar-refractivity contribution is -0.124. The Labute approximate surface area is 177 Å². The van der Waals surface area contributed by atoms with Crippen molar-refractivity contribution in [3.63, 3.8) is 0 Å². The van der Waals surface area contributed by atoms with Gasteiger partial charge in [0.2, 0.25) is 0 Å². The predicted molar refractivity (Wildman–Crippen MR) is 116 cm³/mol. The molecule has 1 aliphatic rings. The highest BCUT2D eigenvalue weighted by atomic mass is 32.2. The average Bonchev–Trinajstić information content (AvgIpc) is 3.40. The first-order valence-corrected chi connectivity index (χ1v) is 11.5. The summed E-state index contributed by atoms with van der Waals surface area (Å²) < 4.78 is 7.35. The van der Waals surface area contributed by atoms with Crippen LogP contribution in [0.3, 0.4) is 0 Å². The van der Waals surface area contributed by atoms with Gasteiger partial charge in [-0.15, -0.1) is 11.3 Å². The van der Waals surface area contributed by atoms with Gasteiger partial charge in [-0.1, -0.05) is 48.9 Å². The number of aromatic nitrogens is 1. The molecule has 5 nitrogen and oxygen atoms in total. The molecule has 0 radical (unpaired) electrons. The van der Waals surface area contributed by atoms with Crippen LogP contribution in [0.15, 0.2) is 52.9 Å². The number of thioether (sulfide) groups is 1. The van der Waals surface area contributed by atoms with E-state index in [1.54, 1.807) is 35.2 Å². The van der Waals surface area contributed by atoms with E-state index in [2.05, 4.69) is 16.4 Å². The molecule has 1 fully saturated rings. The molecule has 2 aromatic carbocycles. The molecule has 0 unspecified atom stereocenters. The Hall–Kier alpha value is -2.38. The van der Waals surface area contributed by atoms with Crippen LogP contribution in [-0.2, 0) is 15.3 Å². The second-order valence-corrected chi connectivity index (χ2v) is 9.31. The molecule has 0 spiro atoms. The van der Waals surface area contributed by atoms with Crippen molar-refractivity contribution in [1.82, 2.24) is 10.3 Å². The summed E-state index contributed by atoms with van der Waals surface area (Å²) in [6.07, 6.45) is 4.31. The number of esters is 1. The molecule has 0 bridgehead atoms. The van der Waals surface area contributed by atoms with Gasteiger partial charge in [0.15, 0.2) is 10.9 Å². The van der Waals surface area contributed by atoms with E-state index in [0.717, 1.165) is 46.9 Å². The van der Waals surface area contributed by atoms with Crippen LogP contribution in [0.1, 0.15) is 41.6 Å². The van der Waals surface area contributed by atoms with Crippen LogP contribution in [-0.4, -0.2) is 29.5 Å². The fourth-order valence-electron chi connectivity index (χ4n) is 3.35. The van der Waals surface area contributed by atoms with Gasteiger partial charge in [-0.3, -0.25) is 4.79 Å². The lowest BCUT2D eigenvalue weighted by atomic mass is 10.1. The molecule has 1 amide bonds. The van der Waals surface area contributed by atoms with Crippen LogP contribution in [0.2, 0.25) is 0 Å². The summed E-state index contributed by atoms with van der Waals surface area (Å²) in [6.45, 7) is -0.232. The maximum absolute atomic E-state index is 12.2. The Morgan fingerprint density at radius 1 is 1.10 bits per heavy atom. The third kappa shape index (κ3) is 5.36. The Bertz CT molecular complexity index is 962. The zero-order chi connectivity index (χ0) is 20.1. The Kier molecular flexibility index (Phi) is 6.46. The summed E-state index contributed by atoms with van der Waals surface area (Å²) in [7, 11) is 0. The zero-order valence-corrected chi connectivity index (χ0v) is 17.6. The van der Waals surface area contributed by atoms with Gasteiger partial charge in [0.05, 0.1) is 15.8 Å². The number of nitrogens with zero attached hydrogens (tertiary/aromatic N) is 1. The molecule has 1 N–H and O–H groups in total. The molecule has 1 aliphatic carbocycles. The van der Waals surface area contributed by atoms with Gasteiger partial charge in [-0.25, -0.2) is 9.78 Å². The third-order valence-corrected chi connectivity index (χ3v) is 7.13. The molecule has 29 heavy (non-hydrogen) atoms. The SMILES string of the molecule is O=C(COC(=O)c1ccc(CSc2nc3ccccc3s2)cc1)NC1CCCC1. The molecule has 0 atom stereocenters. The largest absolute Gasteiger partial charge is 0.452 e. The predicted octanol–water partition coefficient (Wildman–Crippen LogP) is 4.80. The molecule has 3 aromatic rings. The molecule has 0 aliphatic heterocycles. The van der Waals surface area contributed by atoms with E-state index in [1.807, 2.05) is 30.3 Å². The number of hydrogen-bond donors (Lipinski definition) is 1. The molecule has 150 valence electrons. The van der Waals surface area contributed by atoms with Crippen molar-refractivity contribution in [1.29, 1.82) is 0 Å². The Balaban J connectivity index is 1.25. The molecule has 1 heterocycles. The van der Waals surface area contributed by atoms with E-state index < -0.39 is 5.97 Å². The van der Waals surface area contributed by atoms with Crippen LogP contribution in [0.5, 0.6) is 0 Å². The molecule has 4 rings (SSSR count). The Morgan fingerprint density at radius 3 is 2.62 bits per heavy atom. The van der Waals surface area contributed by atoms with Crippen molar-refractivity contribution in [3.8, 4) is 0 Å². The van der Waals surface area contributed by atoms with Crippen LogP contribution in [0.4, 0.5) is 0 Å². The van der Waals surface area contributed by atoms with Gasteiger partial charge in [-0.05, 0) is 42.7 Å². The van der Waals surface area contributed by atoms with Crippen molar-refractivity contribution < 1.29 is 14.3 Å². The minimum absolute atomic E-state index is 0.228. The molecule has 1 saturated carbocycles. The maximum Gasteiger partial charge on any atom is 0.338 e. The summed E-state index contributed by atoms with van der Waals surface area (Å²) in [5.41, 5.74) is 2.58. The van der Waals surface area contributed by atoms with E-state index in [0.29, 0.717) is 5.56 Å². The van der Waals surface area contributed by atoms with Gasteiger partial charge in [0.25, 0.3) is 5.91 Å². The molecule has 0 saturated heterocycles. The van der Waals surface area contributed by atoms with Crippen LogP contribution < -0.4 is 5.32 Å². The molecular formula is C22H22N2O3S2. The highest BCUT2D eigenvalue weighted by Gasteiger charge is 2.18. The number of benzene rings is 2. The van der Waals surface area contributed by atoms with Crippen molar-refractivity contribution >= 4 is 45.2 Å². The van der Waals surface area contributed by atoms with Gasteiger partial charge < -0.3 is 10.1 Å². The number of para-hydroxylation sites is 1. The summed E-state index contributed by atoms with van der Waals surface area (Å²) >= 11 is 3.37. The minimum atomic E-state index is -0.475. The summed E-state index contributed by atoms with van der Waals surface area (Å²) in [4.78, 5) is 28.7. The fourth-order valence-corrected chi connectivity index (χ4v) is 5.37. The van der Waals surface area contributed by atoms with Gasteiger partial charge in [-0.2, -0.15) is 0 Å². The number of hydrogen-bond acceptors (Lipinski definition) is 6. The van der Waals surface area contributed by atoms with E-state index in [-0.39, 0.29) is 18.6 Å². The summed E-state index contributed by atoms with van der Waals surface area (Å²) in [5, 5.41) is 2.91. The lowest BCUT2D eigenvalue weighted by Gasteiger charge is -2.12. The lowest BCUT2D eigenvalue weighted by Crippen LogP contribution is -2.35. The van der Waals surface area contributed by atoms with Gasteiger partial charge in [0.1, 0.15) is 0 Å². The van der Waals surface area contributed by atoms with Crippen molar-refractivity contribution in [3.05, 3.63) is 59.7 Å². The summed E-state index contributed by atoms with van der Waals surface area (Å²) in [6, 6.07) is 15.6. The maximum atomic E-state index is 12.2. The number of carbonyl (C=O) groups is 2. The molecule has 7 heteroatoms. The average molecular weight is 427 g/mol. The monoisotopic (exact) mass is 426 g/mol. The first-order chi connectivity index (χ1) is 14.2. The van der Waals surface area contributed by atoms with E-state index in [9.17, 15) is 9.59 Å². The Morgan fingerprint density at radius 2 is 1.86 bits per heavy atom. The highest BCUT2D eigenvalue weighted by Crippen LogP contribution is 2.31. The fraction of sp³-hybridized carbons (Fsp3) is 0.318. The van der Waals surface area contributed by atoms with Crippen LogP contribution in [0.25, 0.3) is 10.2 Å². The second kappa shape index (κ2) is 9.41. The van der Waals surface area contributed by atoms with Gasteiger partial charge in [0, 0.05) is 11.8 Å². The van der Waals surface area contributed by atoms with Crippen LogP contribution in [0, 0.1) is 0 Å². The minimum Gasteiger partial charge on any atom is -0.452 e. The molecular weight excluding hydrogens is 404 g/mol. The smallest absolute Gasteiger partial charge is 0.338 e. The number of amides is 1. The number of ether oxygens (including phenoxy) is 1.